The summed E-state index contributed by atoms with van der Waals surface area (Å²) < 4.78 is 24.1. The van der Waals surface area contributed by atoms with Crippen molar-refractivity contribution in [1.29, 1.82) is 0 Å². The number of hydrogen-bond donors (Lipinski definition) is 4. The molecule has 160 valence electrons. The Labute approximate surface area is 161 Å². The van der Waals surface area contributed by atoms with Gasteiger partial charge >= 0.3 is 13.3 Å². The lowest BCUT2D eigenvalue weighted by molar-refractivity contribution is -0.168. The quantitative estimate of drug-likeness (QED) is 0.427. The van der Waals surface area contributed by atoms with Crippen LogP contribution < -0.4 is 16.1 Å². The van der Waals surface area contributed by atoms with E-state index < -0.39 is 54.5 Å². The lowest BCUT2D eigenvalue weighted by Gasteiger charge is -2.43. The molecule has 0 aliphatic carbocycles. The molecule has 4 N–H and O–H groups in total. The molecule has 0 amide bonds. The van der Waals surface area contributed by atoms with Crippen molar-refractivity contribution < 1.29 is 33.8 Å². The van der Waals surface area contributed by atoms with Crippen molar-refractivity contribution in [3.8, 4) is 0 Å². The fourth-order valence-corrected chi connectivity index (χ4v) is 5.03. The first kappa shape index (κ1) is 22.8. The maximum atomic E-state index is 12.3. The summed E-state index contributed by atoms with van der Waals surface area (Å²) in [4.78, 5) is 50.5. The number of nitrogens with one attached hydrogen (secondary N) is 1. The molecular weight excluding hydrogens is 395 g/mol. The average molecular weight is 422 g/mol. The summed E-state index contributed by atoms with van der Waals surface area (Å²) in [6.07, 6.45) is -2.71. The van der Waals surface area contributed by atoms with Crippen LogP contribution in [0.3, 0.4) is 0 Å². The Balaban J connectivity index is 2.25. The molecule has 0 radical (unpaired) electrons. The summed E-state index contributed by atoms with van der Waals surface area (Å²) in [6.45, 7) is 7.76. The predicted octanol–water partition coefficient (Wildman–Crippen LogP) is -0.438. The topological polar surface area (TPSA) is 160 Å². The first-order valence-electron chi connectivity index (χ1n) is 8.84. The van der Waals surface area contributed by atoms with Gasteiger partial charge in [-0.15, -0.1) is 4.73 Å². The molecule has 1 saturated heterocycles. The van der Waals surface area contributed by atoms with E-state index in [1.54, 1.807) is 27.7 Å². The summed E-state index contributed by atoms with van der Waals surface area (Å²) in [5, 5.41) is 8.67. The Kier molecular flexibility index (Phi) is 6.59. The molecule has 1 aliphatic heterocycles. The number of rotatable bonds is 7. The molecule has 3 atom stereocenters. The average Bonchev–Trinajstić information content (AvgIpc) is 2.88. The highest BCUT2D eigenvalue weighted by Crippen LogP contribution is 2.59. The molecule has 1 aliphatic rings. The molecule has 11 nitrogen and oxygen atoms in total. The number of aryl methyl sites for hydroxylation is 1. The lowest BCUT2D eigenvalue weighted by atomic mass is 9.94. The Hall–Kier alpha value is -1.49. The maximum Gasteiger partial charge on any atom is 0.361 e. The second kappa shape index (κ2) is 8.10. The number of nitrogens with zero attached hydrogens (tertiary/aromatic N) is 1. The van der Waals surface area contributed by atoms with Gasteiger partial charge in [0.1, 0.15) is 12.2 Å². The van der Waals surface area contributed by atoms with Gasteiger partial charge in [-0.05, 0) is 18.8 Å². The van der Waals surface area contributed by atoms with Crippen LogP contribution in [0.5, 0.6) is 0 Å². The largest absolute Gasteiger partial charge is 0.384 e. The van der Waals surface area contributed by atoms with Gasteiger partial charge in [-0.1, -0.05) is 27.7 Å². The van der Waals surface area contributed by atoms with Crippen LogP contribution in [0, 0.1) is 18.8 Å². The predicted molar refractivity (Wildman–Crippen MR) is 97.7 cm³/mol. The van der Waals surface area contributed by atoms with Crippen LogP contribution in [0.15, 0.2) is 15.8 Å². The zero-order chi connectivity index (χ0) is 21.4. The third-order valence-electron chi connectivity index (χ3n) is 4.84. The highest BCUT2D eigenvalue weighted by molar-refractivity contribution is 7.53. The molecule has 1 fully saturated rings. The van der Waals surface area contributed by atoms with E-state index in [1.807, 2.05) is 0 Å². The highest BCUT2D eigenvalue weighted by Gasteiger charge is 2.56. The van der Waals surface area contributed by atoms with Gasteiger partial charge in [0.25, 0.3) is 11.8 Å². The normalized spacial score (nSPS) is 23.6. The minimum Gasteiger partial charge on any atom is -0.384 e. The van der Waals surface area contributed by atoms with E-state index in [0.29, 0.717) is 4.73 Å². The van der Waals surface area contributed by atoms with Crippen LogP contribution in [0.4, 0.5) is 0 Å². The summed E-state index contributed by atoms with van der Waals surface area (Å²) in [6, 6.07) is 0. The molecule has 12 heteroatoms. The molecule has 1 aromatic rings. The summed E-state index contributed by atoms with van der Waals surface area (Å²) in [5.41, 5.74) is -1.22. The monoisotopic (exact) mass is 422 g/mol. The van der Waals surface area contributed by atoms with Gasteiger partial charge in [0, 0.05) is 5.56 Å². The van der Waals surface area contributed by atoms with Crippen molar-refractivity contribution in [2.75, 3.05) is 6.61 Å². The molecule has 1 aromatic heterocycles. The van der Waals surface area contributed by atoms with Crippen molar-refractivity contribution in [3.05, 3.63) is 32.6 Å². The van der Waals surface area contributed by atoms with Gasteiger partial charge in [0.15, 0.2) is 5.34 Å². The zero-order valence-corrected chi connectivity index (χ0v) is 17.3. The van der Waals surface area contributed by atoms with Crippen LogP contribution in [-0.4, -0.2) is 55.1 Å². The third kappa shape index (κ3) is 4.10. The number of aromatic amines is 1. The Bertz CT molecular complexity index is 848. The molecule has 0 aromatic carbocycles. The van der Waals surface area contributed by atoms with E-state index in [0.717, 1.165) is 6.20 Å². The Morgan fingerprint density at radius 2 is 1.86 bits per heavy atom. The van der Waals surface area contributed by atoms with E-state index >= 15 is 0 Å². The molecule has 2 rings (SSSR count). The number of hydrogen-bond acceptors (Lipinski definition) is 7. The van der Waals surface area contributed by atoms with Crippen molar-refractivity contribution >= 4 is 7.60 Å². The van der Waals surface area contributed by atoms with Crippen LogP contribution in [-0.2, 0) is 14.0 Å². The molecule has 0 saturated carbocycles. The van der Waals surface area contributed by atoms with Crippen molar-refractivity contribution in [3.63, 3.8) is 0 Å². The van der Waals surface area contributed by atoms with E-state index in [4.69, 9.17) is 14.3 Å². The number of aliphatic hydroxyl groups excluding tert-OH is 1. The second-order valence-electron chi connectivity index (χ2n) is 7.46. The Morgan fingerprint density at radius 1 is 1.29 bits per heavy atom. The molecular formula is C16H27N2O9P. The fraction of sp³-hybridized carbons (Fsp3) is 0.750. The fourth-order valence-electron chi connectivity index (χ4n) is 3.42. The van der Waals surface area contributed by atoms with E-state index in [2.05, 4.69) is 4.98 Å². The minimum atomic E-state index is -4.73. The summed E-state index contributed by atoms with van der Waals surface area (Å²) in [5.74, 6) is -1.13. The minimum absolute atomic E-state index is 0.204. The molecule has 0 bridgehead atoms. The second-order valence-corrected chi connectivity index (χ2v) is 9.24. The molecule has 0 spiro atoms. The molecule has 1 unspecified atom stereocenters. The molecule has 2 heterocycles. The number of H-pyrrole nitrogens is 1. The standard InChI is InChI=1S/C16H27N2O9P/c1-8(2)16(9(3)4,28(22,23)24)26-11-7-25-14(12(11)19)27-18-6-10(5)13(20)17-15(18)21/h6,8-9,11-12,14,19H,7H2,1-5H3,(H,17,20,21)(H2,22,23,24)/t11-,12+,14?/m0/s1. The lowest BCUT2D eigenvalue weighted by Crippen LogP contribution is -2.50. The van der Waals surface area contributed by atoms with E-state index in [1.165, 1.54) is 6.92 Å². The van der Waals surface area contributed by atoms with Gasteiger partial charge in [0.05, 0.1) is 12.8 Å². The van der Waals surface area contributed by atoms with Gasteiger partial charge in [-0.25, -0.2) is 4.79 Å². The van der Waals surface area contributed by atoms with Gasteiger partial charge in [-0.2, -0.15) is 0 Å². The first-order valence-corrected chi connectivity index (χ1v) is 10.4. The van der Waals surface area contributed by atoms with Crippen molar-refractivity contribution in [2.45, 2.75) is 58.5 Å². The highest BCUT2D eigenvalue weighted by atomic mass is 31.2. The first-order chi connectivity index (χ1) is 12.8. The molecule has 28 heavy (non-hydrogen) atoms. The van der Waals surface area contributed by atoms with Gasteiger partial charge in [-0.3, -0.25) is 14.3 Å². The van der Waals surface area contributed by atoms with Crippen LogP contribution >= 0.6 is 7.60 Å². The SMILES string of the molecule is Cc1cn(OC2OC[C@H](OC(C(C)C)(C(C)C)P(=O)(O)O)[C@H]2O)c(=O)[nH]c1=O. The van der Waals surface area contributed by atoms with Crippen LogP contribution in [0.1, 0.15) is 33.3 Å². The van der Waals surface area contributed by atoms with Crippen molar-refractivity contribution in [2.24, 2.45) is 11.8 Å². The maximum absolute atomic E-state index is 12.3. The Morgan fingerprint density at radius 3 is 2.36 bits per heavy atom. The number of aromatic nitrogens is 2. The van der Waals surface area contributed by atoms with Gasteiger partial charge in [0.2, 0.25) is 0 Å². The van der Waals surface area contributed by atoms with Crippen molar-refractivity contribution in [1.82, 2.24) is 9.71 Å². The van der Waals surface area contributed by atoms with E-state index in [9.17, 15) is 29.0 Å². The van der Waals surface area contributed by atoms with E-state index in [-0.39, 0.29) is 12.2 Å². The number of aliphatic hydroxyl groups is 1. The summed E-state index contributed by atoms with van der Waals surface area (Å²) >= 11 is 0. The van der Waals surface area contributed by atoms with Gasteiger partial charge < -0.3 is 29.2 Å². The van der Waals surface area contributed by atoms with Crippen LogP contribution in [0.25, 0.3) is 0 Å². The number of ether oxygens (including phenoxy) is 2. The zero-order valence-electron chi connectivity index (χ0n) is 16.4. The summed E-state index contributed by atoms with van der Waals surface area (Å²) in [7, 11) is -4.73. The third-order valence-corrected chi connectivity index (χ3v) is 6.89. The van der Waals surface area contributed by atoms with Crippen LogP contribution in [0.2, 0.25) is 0 Å². The smallest absolute Gasteiger partial charge is 0.361 e.